The molecule has 1 aromatic carbocycles. The van der Waals surface area contributed by atoms with Gasteiger partial charge in [-0.1, -0.05) is 18.2 Å². The molecule has 0 spiro atoms. The van der Waals surface area contributed by atoms with Crippen molar-refractivity contribution in [2.45, 2.75) is 19.4 Å². The van der Waals surface area contributed by atoms with Crippen molar-refractivity contribution < 1.29 is 9.59 Å². The maximum absolute atomic E-state index is 12.3. The Balaban J connectivity index is 1.97. The fourth-order valence-corrected chi connectivity index (χ4v) is 2.41. The summed E-state index contributed by atoms with van der Waals surface area (Å²) in [5.41, 5.74) is 0.760. The number of likely N-dealkylation sites (N-methyl/N-ethyl adjacent to an activating group) is 2. The van der Waals surface area contributed by atoms with Crippen molar-refractivity contribution in [3.63, 3.8) is 0 Å². The molecule has 1 fully saturated rings. The number of hydrogen-bond donors (Lipinski definition) is 1. The van der Waals surface area contributed by atoms with Gasteiger partial charge in [-0.2, -0.15) is 0 Å². The average molecular weight is 275 g/mol. The van der Waals surface area contributed by atoms with Gasteiger partial charge in [0.25, 0.3) is 0 Å². The lowest BCUT2D eigenvalue weighted by Crippen LogP contribution is -2.56. The number of amides is 2. The van der Waals surface area contributed by atoms with Gasteiger partial charge in [-0.25, -0.2) is 0 Å². The van der Waals surface area contributed by atoms with Gasteiger partial charge in [0.15, 0.2) is 0 Å². The first-order valence-electron chi connectivity index (χ1n) is 6.95. The molecule has 2 amide bonds. The Bertz CT molecular complexity index is 475. The highest BCUT2D eigenvalue weighted by Gasteiger charge is 2.33. The van der Waals surface area contributed by atoms with Crippen LogP contribution in [0.4, 0.5) is 5.69 Å². The van der Waals surface area contributed by atoms with E-state index in [1.54, 1.807) is 4.90 Å². The minimum Gasteiger partial charge on any atom is -0.340 e. The predicted molar refractivity (Wildman–Crippen MR) is 78.4 cm³/mol. The molecule has 1 N–H and O–H groups in total. The molecule has 2 rings (SSSR count). The lowest BCUT2D eigenvalue weighted by Gasteiger charge is -2.37. The number of nitrogens with zero attached hydrogens (tertiary/aromatic N) is 2. The van der Waals surface area contributed by atoms with E-state index in [4.69, 9.17) is 0 Å². The fourth-order valence-electron chi connectivity index (χ4n) is 2.41. The van der Waals surface area contributed by atoms with Gasteiger partial charge < -0.3 is 10.2 Å². The monoisotopic (exact) mass is 275 g/mol. The molecule has 1 aliphatic rings. The number of carbonyl (C=O) groups is 2. The van der Waals surface area contributed by atoms with Crippen LogP contribution in [-0.4, -0.2) is 54.3 Å². The number of carbonyl (C=O) groups excluding carboxylic acids is 2. The molecule has 0 saturated carbocycles. The molecule has 5 nitrogen and oxygen atoms in total. The molecule has 20 heavy (non-hydrogen) atoms. The maximum Gasteiger partial charge on any atom is 0.240 e. The number of benzene rings is 1. The van der Waals surface area contributed by atoms with Crippen LogP contribution in [0.15, 0.2) is 30.3 Å². The lowest BCUT2D eigenvalue weighted by molar-refractivity contribution is -0.142. The van der Waals surface area contributed by atoms with Gasteiger partial charge in [0.2, 0.25) is 11.8 Å². The quantitative estimate of drug-likeness (QED) is 0.897. The Morgan fingerprint density at radius 3 is 2.65 bits per heavy atom. The van der Waals surface area contributed by atoms with Crippen LogP contribution in [0.5, 0.6) is 0 Å². The number of rotatable bonds is 4. The second-order valence-electron chi connectivity index (χ2n) is 5.03. The summed E-state index contributed by atoms with van der Waals surface area (Å²) in [5, 5.41) is 2.83. The van der Waals surface area contributed by atoms with Crippen LogP contribution >= 0.6 is 0 Å². The highest BCUT2D eigenvalue weighted by Crippen LogP contribution is 2.14. The Kier molecular flexibility index (Phi) is 4.74. The van der Waals surface area contributed by atoms with Crippen LogP contribution in [0.1, 0.15) is 13.3 Å². The molecule has 1 aliphatic heterocycles. The molecule has 0 bridgehead atoms. The summed E-state index contributed by atoms with van der Waals surface area (Å²) in [7, 11) is 1.89. The summed E-state index contributed by atoms with van der Waals surface area (Å²) < 4.78 is 0. The summed E-state index contributed by atoms with van der Waals surface area (Å²) in [5.74, 6) is -0.0798. The molecule has 5 heteroatoms. The van der Waals surface area contributed by atoms with Gasteiger partial charge in [0, 0.05) is 25.3 Å². The minimum absolute atomic E-state index is 0.0458. The Morgan fingerprint density at radius 2 is 2.00 bits per heavy atom. The second-order valence-corrected chi connectivity index (χ2v) is 5.03. The smallest absolute Gasteiger partial charge is 0.240 e. The lowest BCUT2D eigenvalue weighted by atomic mass is 10.1. The first-order valence-corrected chi connectivity index (χ1v) is 6.95. The van der Waals surface area contributed by atoms with E-state index >= 15 is 0 Å². The second kappa shape index (κ2) is 6.52. The average Bonchev–Trinajstić information content (AvgIpc) is 2.45. The van der Waals surface area contributed by atoms with E-state index < -0.39 is 0 Å². The van der Waals surface area contributed by atoms with Gasteiger partial charge in [-0.15, -0.1) is 0 Å². The molecule has 1 heterocycles. The zero-order valence-electron chi connectivity index (χ0n) is 12.0. The Hall–Kier alpha value is -1.88. The van der Waals surface area contributed by atoms with Gasteiger partial charge >= 0.3 is 0 Å². The fraction of sp³-hybridized carbons (Fsp3) is 0.467. The van der Waals surface area contributed by atoms with Crippen molar-refractivity contribution >= 4 is 17.5 Å². The van der Waals surface area contributed by atoms with E-state index in [1.165, 1.54) is 0 Å². The molecule has 108 valence electrons. The van der Waals surface area contributed by atoms with Gasteiger partial charge in [0.05, 0.1) is 12.5 Å². The number of piperazine rings is 1. The van der Waals surface area contributed by atoms with E-state index in [0.29, 0.717) is 6.54 Å². The zero-order valence-corrected chi connectivity index (χ0v) is 12.0. The number of para-hydroxylation sites is 1. The van der Waals surface area contributed by atoms with E-state index in [-0.39, 0.29) is 24.3 Å². The van der Waals surface area contributed by atoms with Crippen LogP contribution in [0.25, 0.3) is 0 Å². The highest BCUT2D eigenvalue weighted by atomic mass is 16.2. The first kappa shape index (κ1) is 14.5. The first-order chi connectivity index (χ1) is 9.61. The van der Waals surface area contributed by atoms with Gasteiger partial charge in [-0.05, 0) is 26.1 Å². The van der Waals surface area contributed by atoms with Crippen molar-refractivity contribution in [2.75, 3.05) is 32.0 Å². The van der Waals surface area contributed by atoms with Crippen LogP contribution in [0.2, 0.25) is 0 Å². The van der Waals surface area contributed by atoms with Crippen molar-refractivity contribution in [1.29, 1.82) is 0 Å². The topological polar surface area (TPSA) is 52.6 Å². The largest absolute Gasteiger partial charge is 0.340 e. The van der Waals surface area contributed by atoms with Gasteiger partial charge in [0.1, 0.15) is 0 Å². The van der Waals surface area contributed by atoms with Crippen molar-refractivity contribution in [1.82, 2.24) is 9.80 Å². The third kappa shape index (κ3) is 3.36. The summed E-state index contributed by atoms with van der Waals surface area (Å²) in [6.45, 7) is 4.21. The van der Waals surface area contributed by atoms with Crippen LogP contribution < -0.4 is 5.32 Å². The molecule has 1 unspecified atom stereocenters. The van der Waals surface area contributed by atoms with Gasteiger partial charge in [-0.3, -0.25) is 14.5 Å². The molecular formula is C15H21N3O2. The zero-order chi connectivity index (χ0) is 14.5. The molecule has 1 saturated heterocycles. The van der Waals surface area contributed by atoms with Crippen molar-refractivity contribution in [2.24, 2.45) is 0 Å². The van der Waals surface area contributed by atoms with Crippen LogP contribution in [0, 0.1) is 0 Å². The molecular weight excluding hydrogens is 254 g/mol. The summed E-state index contributed by atoms with van der Waals surface area (Å²) in [6, 6.07) is 8.95. The highest BCUT2D eigenvalue weighted by molar-refractivity contribution is 5.95. The SMILES string of the molecule is CCN1CCN(C)C(CC(=O)Nc2ccccc2)C1=O. The van der Waals surface area contributed by atoms with E-state index in [0.717, 1.165) is 18.8 Å². The van der Waals surface area contributed by atoms with Crippen LogP contribution in [0.3, 0.4) is 0 Å². The normalized spacial score (nSPS) is 20.0. The Labute approximate surface area is 119 Å². The molecule has 1 atom stereocenters. The maximum atomic E-state index is 12.3. The number of hydrogen-bond acceptors (Lipinski definition) is 3. The standard InChI is InChI=1S/C15H21N3O2/c1-3-18-10-9-17(2)13(15(18)20)11-14(19)16-12-7-5-4-6-8-12/h4-8,13H,3,9-11H2,1-2H3,(H,16,19). The van der Waals surface area contributed by atoms with E-state index in [1.807, 2.05) is 49.2 Å². The predicted octanol–water partition coefficient (Wildman–Crippen LogP) is 1.18. The summed E-state index contributed by atoms with van der Waals surface area (Å²) in [4.78, 5) is 28.1. The summed E-state index contributed by atoms with van der Waals surface area (Å²) in [6.07, 6.45) is 0.195. The van der Waals surface area contributed by atoms with Crippen LogP contribution in [-0.2, 0) is 9.59 Å². The molecule has 0 radical (unpaired) electrons. The number of nitrogens with one attached hydrogen (secondary N) is 1. The molecule has 1 aromatic rings. The summed E-state index contributed by atoms with van der Waals surface area (Å²) >= 11 is 0. The molecule has 0 aromatic heterocycles. The van der Waals surface area contributed by atoms with Crippen molar-refractivity contribution in [3.05, 3.63) is 30.3 Å². The third-order valence-corrected chi connectivity index (χ3v) is 3.67. The van der Waals surface area contributed by atoms with Crippen molar-refractivity contribution in [3.8, 4) is 0 Å². The van der Waals surface area contributed by atoms with E-state index in [2.05, 4.69) is 5.32 Å². The third-order valence-electron chi connectivity index (χ3n) is 3.67. The Morgan fingerprint density at radius 1 is 1.30 bits per heavy atom. The number of anilines is 1. The molecule has 0 aliphatic carbocycles. The van der Waals surface area contributed by atoms with E-state index in [9.17, 15) is 9.59 Å². The minimum atomic E-state index is -0.354.